The lowest BCUT2D eigenvalue weighted by Gasteiger charge is -2.29. The Bertz CT molecular complexity index is 714. The lowest BCUT2D eigenvalue weighted by atomic mass is 9.97. The first-order valence-corrected chi connectivity index (χ1v) is 6.99. The van der Waals surface area contributed by atoms with Crippen molar-refractivity contribution in [2.75, 3.05) is 6.54 Å². The molecule has 10 heteroatoms. The fourth-order valence-electron chi connectivity index (χ4n) is 2.10. The van der Waals surface area contributed by atoms with Crippen LogP contribution in [0.5, 0.6) is 0 Å². The Morgan fingerprint density at radius 3 is 2.50 bits per heavy atom. The molecule has 130 valence electrons. The summed E-state index contributed by atoms with van der Waals surface area (Å²) in [5.74, 6) is -1.22. The van der Waals surface area contributed by atoms with Gasteiger partial charge in [0.25, 0.3) is 5.91 Å². The molecule has 2 aromatic heterocycles. The third kappa shape index (κ3) is 3.53. The molecule has 2 aromatic rings. The van der Waals surface area contributed by atoms with Crippen LogP contribution in [0, 0.1) is 6.92 Å². The first-order valence-electron chi connectivity index (χ1n) is 6.99. The highest BCUT2D eigenvalue weighted by Crippen LogP contribution is 2.40. The monoisotopic (exact) mass is 343 g/mol. The molecule has 0 radical (unpaired) electrons. The zero-order chi connectivity index (χ0) is 18.0. The van der Waals surface area contributed by atoms with Gasteiger partial charge in [-0.2, -0.15) is 13.2 Å². The molecule has 0 fully saturated rings. The fraction of sp³-hybridized carbons (Fsp3) is 0.429. The minimum Gasteiger partial charge on any atom is -0.374 e. The Balaban J connectivity index is 2.08. The van der Waals surface area contributed by atoms with E-state index in [-0.39, 0.29) is 5.69 Å². The summed E-state index contributed by atoms with van der Waals surface area (Å²) in [7, 11) is 1.35. The van der Waals surface area contributed by atoms with Crippen LogP contribution in [0.4, 0.5) is 13.2 Å². The van der Waals surface area contributed by atoms with Gasteiger partial charge in [0.1, 0.15) is 11.5 Å². The van der Waals surface area contributed by atoms with Gasteiger partial charge in [0, 0.05) is 38.6 Å². The zero-order valence-corrected chi connectivity index (χ0v) is 13.0. The SMILES string of the molecule is Cc1cnc(C(=O)NCCC(O)(c2nccn2C)C(F)(F)F)cn1. The average molecular weight is 343 g/mol. The van der Waals surface area contributed by atoms with Crippen molar-refractivity contribution in [2.45, 2.75) is 25.1 Å². The first-order chi connectivity index (χ1) is 11.1. The molecule has 0 saturated heterocycles. The summed E-state index contributed by atoms with van der Waals surface area (Å²) in [6.07, 6.45) is -0.680. The van der Waals surface area contributed by atoms with E-state index in [1.807, 2.05) is 0 Å². The van der Waals surface area contributed by atoms with E-state index in [0.717, 1.165) is 10.8 Å². The predicted molar refractivity (Wildman–Crippen MR) is 76.9 cm³/mol. The molecule has 0 aromatic carbocycles. The van der Waals surface area contributed by atoms with Crippen LogP contribution >= 0.6 is 0 Å². The van der Waals surface area contributed by atoms with Crippen LogP contribution < -0.4 is 5.32 Å². The summed E-state index contributed by atoms with van der Waals surface area (Å²) in [5, 5.41) is 12.4. The number of carbonyl (C=O) groups excluding carboxylic acids is 1. The molecule has 0 saturated carbocycles. The first kappa shape index (κ1) is 17.9. The van der Waals surface area contributed by atoms with Gasteiger partial charge in [-0.3, -0.25) is 9.78 Å². The molecule has 0 spiro atoms. The summed E-state index contributed by atoms with van der Waals surface area (Å²) in [6, 6.07) is 0. The number of alkyl halides is 3. The molecule has 7 nitrogen and oxygen atoms in total. The second kappa shape index (κ2) is 6.56. The number of aromatic nitrogens is 4. The zero-order valence-electron chi connectivity index (χ0n) is 13.0. The van der Waals surface area contributed by atoms with E-state index < -0.39 is 36.5 Å². The van der Waals surface area contributed by atoms with Crippen LogP contribution in [0.1, 0.15) is 28.4 Å². The number of nitrogens with zero attached hydrogens (tertiary/aromatic N) is 4. The maximum Gasteiger partial charge on any atom is 0.424 e. The molecule has 2 N–H and O–H groups in total. The molecule has 0 aliphatic rings. The molecule has 1 amide bonds. The van der Waals surface area contributed by atoms with Gasteiger partial charge in [-0.15, -0.1) is 0 Å². The number of nitrogens with one attached hydrogen (secondary N) is 1. The highest BCUT2D eigenvalue weighted by atomic mass is 19.4. The van der Waals surface area contributed by atoms with Gasteiger partial charge in [-0.05, 0) is 6.92 Å². The maximum atomic E-state index is 13.3. The van der Waals surface area contributed by atoms with E-state index in [9.17, 15) is 23.1 Å². The van der Waals surface area contributed by atoms with Crippen LogP contribution in [0.15, 0.2) is 24.8 Å². The van der Waals surface area contributed by atoms with Crippen molar-refractivity contribution >= 4 is 5.91 Å². The number of amides is 1. The second-order valence-corrected chi connectivity index (χ2v) is 5.27. The number of rotatable bonds is 5. The molecular formula is C14H16F3N5O2. The van der Waals surface area contributed by atoms with Crippen LogP contribution in [0.2, 0.25) is 0 Å². The lowest BCUT2D eigenvalue weighted by Crippen LogP contribution is -2.46. The Hall–Kier alpha value is -2.49. The number of hydrogen-bond donors (Lipinski definition) is 2. The van der Waals surface area contributed by atoms with Crippen LogP contribution in [0.3, 0.4) is 0 Å². The molecule has 0 aliphatic heterocycles. The molecule has 2 rings (SSSR count). The van der Waals surface area contributed by atoms with E-state index in [1.165, 1.54) is 25.6 Å². The third-order valence-corrected chi connectivity index (χ3v) is 3.45. The van der Waals surface area contributed by atoms with Crippen LogP contribution in [-0.2, 0) is 12.6 Å². The second-order valence-electron chi connectivity index (χ2n) is 5.27. The number of imidazole rings is 1. The smallest absolute Gasteiger partial charge is 0.374 e. The largest absolute Gasteiger partial charge is 0.424 e. The van der Waals surface area contributed by atoms with Crippen molar-refractivity contribution in [3.8, 4) is 0 Å². The van der Waals surface area contributed by atoms with Gasteiger partial charge in [-0.25, -0.2) is 9.97 Å². The van der Waals surface area contributed by atoms with Crippen molar-refractivity contribution in [3.63, 3.8) is 0 Å². The Kier molecular flexibility index (Phi) is 4.88. The van der Waals surface area contributed by atoms with Crippen molar-refractivity contribution in [2.24, 2.45) is 7.05 Å². The summed E-state index contributed by atoms with van der Waals surface area (Å²) in [5.41, 5.74) is -2.58. The molecule has 1 atom stereocenters. The summed E-state index contributed by atoms with van der Waals surface area (Å²) >= 11 is 0. The van der Waals surface area contributed by atoms with Gasteiger partial charge in [0.05, 0.1) is 11.9 Å². The fourth-order valence-corrected chi connectivity index (χ4v) is 2.10. The normalized spacial score (nSPS) is 14.2. The average Bonchev–Trinajstić information content (AvgIpc) is 2.93. The van der Waals surface area contributed by atoms with Gasteiger partial charge in [0.15, 0.2) is 0 Å². The maximum absolute atomic E-state index is 13.3. The van der Waals surface area contributed by atoms with Gasteiger partial charge >= 0.3 is 6.18 Å². The van der Waals surface area contributed by atoms with Crippen molar-refractivity contribution in [1.82, 2.24) is 24.8 Å². The molecule has 1 unspecified atom stereocenters. The van der Waals surface area contributed by atoms with Crippen molar-refractivity contribution < 1.29 is 23.1 Å². The summed E-state index contributed by atoms with van der Waals surface area (Å²) in [4.78, 5) is 23.1. The highest BCUT2D eigenvalue weighted by molar-refractivity contribution is 5.91. The number of hydrogen-bond acceptors (Lipinski definition) is 5. The minimum atomic E-state index is -4.94. The number of aryl methyl sites for hydroxylation is 2. The topological polar surface area (TPSA) is 92.9 Å². The predicted octanol–water partition coefficient (Wildman–Crippen LogP) is 1.09. The molecule has 0 bridgehead atoms. The summed E-state index contributed by atoms with van der Waals surface area (Å²) in [6.45, 7) is 1.27. The Morgan fingerprint density at radius 2 is 2.00 bits per heavy atom. The minimum absolute atomic E-state index is 0.0202. The quantitative estimate of drug-likeness (QED) is 0.848. The van der Waals surface area contributed by atoms with E-state index in [2.05, 4.69) is 20.3 Å². The lowest BCUT2D eigenvalue weighted by molar-refractivity contribution is -0.272. The van der Waals surface area contributed by atoms with Gasteiger partial charge < -0.3 is 15.0 Å². The third-order valence-electron chi connectivity index (χ3n) is 3.45. The van der Waals surface area contributed by atoms with Crippen molar-refractivity contribution in [3.05, 3.63) is 42.0 Å². The van der Waals surface area contributed by atoms with Crippen molar-refractivity contribution in [1.29, 1.82) is 0 Å². The molecular weight excluding hydrogens is 327 g/mol. The standard InChI is InChI=1S/C14H16F3N5O2/c1-9-7-21-10(8-20-9)11(23)18-4-3-13(24,14(15,16)17)12-19-5-6-22(12)2/h5-8,24H,3-4H2,1-2H3,(H,18,23). The van der Waals surface area contributed by atoms with Gasteiger partial charge in [-0.1, -0.05) is 0 Å². The molecule has 2 heterocycles. The number of halogens is 3. The highest BCUT2D eigenvalue weighted by Gasteiger charge is 2.57. The molecule has 0 aliphatic carbocycles. The van der Waals surface area contributed by atoms with Crippen LogP contribution in [0.25, 0.3) is 0 Å². The Labute approximate surface area is 135 Å². The number of aliphatic hydroxyl groups is 1. The Morgan fingerprint density at radius 1 is 1.29 bits per heavy atom. The van der Waals surface area contributed by atoms with E-state index in [4.69, 9.17) is 0 Å². The summed E-state index contributed by atoms with van der Waals surface area (Å²) < 4.78 is 41.0. The van der Waals surface area contributed by atoms with Gasteiger partial charge in [0.2, 0.25) is 5.60 Å². The van der Waals surface area contributed by atoms with E-state index in [0.29, 0.717) is 5.69 Å². The number of carbonyl (C=O) groups is 1. The van der Waals surface area contributed by atoms with Crippen LogP contribution in [-0.4, -0.2) is 43.3 Å². The van der Waals surface area contributed by atoms with E-state index in [1.54, 1.807) is 6.92 Å². The van der Waals surface area contributed by atoms with E-state index >= 15 is 0 Å². The molecule has 24 heavy (non-hydrogen) atoms.